The molecule has 0 radical (unpaired) electrons. The maximum Gasteiger partial charge on any atom is 0.119 e. The molecule has 2 aromatic rings. The van der Waals surface area contributed by atoms with Crippen molar-refractivity contribution in [1.29, 1.82) is 0 Å². The number of rotatable bonds is 4. The van der Waals surface area contributed by atoms with Gasteiger partial charge in [0.15, 0.2) is 0 Å². The molecule has 0 aliphatic heterocycles. The van der Waals surface area contributed by atoms with Crippen molar-refractivity contribution in [2.75, 3.05) is 6.61 Å². The molecule has 0 aliphatic rings. The van der Waals surface area contributed by atoms with Crippen molar-refractivity contribution in [3.05, 3.63) is 58.3 Å². The van der Waals surface area contributed by atoms with Crippen molar-refractivity contribution < 1.29 is 4.74 Å². The highest BCUT2D eigenvalue weighted by Gasteiger charge is 1.99. The molecule has 3 heteroatoms. The first-order valence-corrected chi connectivity index (χ1v) is 6.38. The summed E-state index contributed by atoms with van der Waals surface area (Å²) in [7, 11) is 0. The zero-order chi connectivity index (χ0) is 12.1. The first-order valence-electron chi connectivity index (χ1n) is 5.59. The fraction of sp³-hybridized carbons (Fsp3) is 0.214. The molecule has 0 N–H and O–H groups in total. The van der Waals surface area contributed by atoms with Gasteiger partial charge in [-0.15, -0.1) is 0 Å². The lowest BCUT2D eigenvalue weighted by Gasteiger charge is -2.05. The predicted octanol–water partition coefficient (Wildman–Crippen LogP) is 3.83. The van der Waals surface area contributed by atoms with E-state index < -0.39 is 0 Å². The summed E-state index contributed by atoms with van der Waals surface area (Å²) < 4.78 is 6.43. The zero-order valence-electron chi connectivity index (χ0n) is 9.69. The smallest absolute Gasteiger partial charge is 0.119 e. The van der Waals surface area contributed by atoms with Crippen molar-refractivity contribution in [2.45, 2.75) is 13.3 Å². The fourth-order valence-electron chi connectivity index (χ4n) is 1.66. The second kappa shape index (κ2) is 5.82. The van der Waals surface area contributed by atoms with Gasteiger partial charge in [0.25, 0.3) is 0 Å². The number of aromatic nitrogens is 1. The quantitative estimate of drug-likeness (QED) is 0.854. The first-order chi connectivity index (χ1) is 8.28. The molecule has 17 heavy (non-hydrogen) atoms. The van der Waals surface area contributed by atoms with Gasteiger partial charge in [0.05, 0.1) is 6.61 Å². The Kier molecular flexibility index (Phi) is 4.15. The molecule has 0 amide bonds. The third-order valence-corrected chi connectivity index (χ3v) is 2.84. The number of hydrogen-bond acceptors (Lipinski definition) is 2. The SMILES string of the molecule is CCOc1ccc(Cc2cncc(Br)c2)cc1. The van der Waals surface area contributed by atoms with Gasteiger partial charge in [0.2, 0.25) is 0 Å². The minimum Gasteiger partial charge on any atom is -0.494 e. The first kappa shape index (κ1) is 12.1. The van der Waals surface area contributed by atoms with Crippen LogP contribution in [0.2, 0.25) is 0 Å². The Labute approximate surface area is 110 Å². The number of halogens is 1. The Hall–Kier alpha value is -1.35. The maximum atomic E-state index is 5.41. The second-order valence-corrected chi connectivity index (χ2v) is 4.68. The van der Waals surface area contributed by atoms with E-state index >= 15 is 0 Å². The summed E-state index contributed by atoms with van der Waals surface area (Å²) in [4.78, 5) is 4.16. The number of nitrogens with zero attached hydrogens (tertiary/aromatic N) is 1. The Bertz CT molecular complexity index is 482. The van der Waals surface area contributed by atoms with Crippen LogP contribution in [0.4, 0.5) is 0 Å². The van der Waals surface area contributed by atoms with Crippen molar-refractivity contribution in [1.82, 2.24) is 4.98 Å². The number of ether oxygens (including phenoxy) is 1. The van der Waals surface area contributed by atoms with Crippen LogP contribution < -0.4 is 4.74 Å². The van der Waals surface area contributed by atoms with Crippen LogP contribution in [0.3, 0.4) is 0 Å². The summed E-state index contributed by atoms with van der Waals surface area (Å²) >= 11 is 3.43. The summed E-state index contributed by atoms with van der Waals surface area (Å²) in [6.07, 6.45) is 4.57. The monoisotopic (exact) mass is 291 g/mol. The van der Waals surface area contributed by atoms with E-state index in [9.17, 15) is 0 Å². The minimum atomic E-state index is 0.703. The second-order valence-electron chi connectivity index (χ2n) is 3.77. The van der Waals surface area contributed by atoms with Crippen LogP contribution in [0.15, 0.2) is 47.2 Å². The molecule has 0 fully saturated rings. The number of benzene rings is 1. The van der Waals surface area contributed by atoms with Gasteiger partial charge in [-0.25, -0.2) is 0 Å². The zero-order valence-corrected chi connectivity index (χ0v) is 11.3. The molecule has 1 heterocycles. The molecular weight excluding hydrogens is 278 g/mol. The van der Waals surface area contributed by atoms with Gasteiger partial charge in [-0.3, -0.25) is 4.98 Å². The molecule has 0 aliphatic carbocycles. The molecule has 0 saturated carbocycles. The lowest BCUT2D eigenvalue weighted by Crippen LogP contribution is -1.93. The summed E-state index contributed by atoms with van der Waals surface area (Å²) in [5, 5.41) is 0. The normalized spacial score (nSPS) is 10.2. The Balaban J connectivity index is 2.08. The highest BCUT2D eigenvalue weighted by Crippen LogP contribution is 2.16. The molecule has 0 atom stereocenters. The van der Waals surface area contributed by atoms with E-state index in [4.69, 9.17) is 4.74 Å². The lowest BCUT2D eigenvalue weighted by molar-refractivity contribution is 0.340. The molecule has 2 rings (SSSR count). The van der Waals surface area contributed by atoms with Crippen molar-refractivity contribution >= 4 is 15.9 Å². The summed E-state index contributed by atoms with van der Waals surface area (Å²) in [5.74, 6) is 0.920. The molecular formula is C14H14BrNO. The number of pyridine rings is 1. The van der Waals surface area contributed by atoms with Crippen LogP contribution in [0, 0.1) is 0 Å². The van der Waals surface area contributed by atoms with Crippen molar-refractivity contribution in [3.8, 4) is 5.75 Å². The Morgan fingerprint density at radius 1 is 1.12 bits per heavy atom. The highest BCUT2D eigenvalue weighted by atomic mass is 79.9. The van der Waals surface area contributed by atoms with E-state index in [-0.39, 0.29) is 0 Å². The van der Waals surface area contributed by atoms with E-state index in [1.165, 1.54) is 11.1 Å². The lowest BCUT2D eigenvalue weighted by atomic mass is 10.1. The van der Waals surface area contributed by atoms with Gasteiger partial charge < -0.3 is 4.74 Å². The molecule has 0 saturated heterocycles. The van der Waals surface area contributed by atoms with Gasteiger partial charge in [-0.2, -0.15) is 0 Å². The van der Waals surface area contributed by atoms with Gasteiger partial charge >= 0.3 is 0 Å². The average Bonchev–Trinajstić information content (AvgIpc) is 2.32. The van der Waals surface area contributed by atoms with E-state index in [0.717, 1.165) is 16.6 Å². The Morgan fingerprint density at radius 2 is 1.88 bits per heavy atom. The van der Waals surface area contributed by atoms with Crippen LogP contribution in [-0.4, -0.2) is 11.6 Å². The van der Waals surface area contributed by atoms with Gasteiger partial charge in [-0.1, -0.05) is 12.1 Å². The average molecular weight is 292 g/mol. The molecule has 0 unspecified atom stereocenters. The largest absolute Gasteiger partial charge is 0.494 e. The van der Waals surface area contributed by atoms with Crippen molar-refractivity contribution in [3.63, 3.8) is 0 Å². The van der Waals surface area contributed by atoms with E-state index in [1.807, 2.05) is 25.3 Å². The Morgan fingerprint density at radius 3 is 2.53 bits per heavy atom. The van der Waals surface area contributed by atoms with Gasteiger partial charge in [0.1, 0.15) is 5.75 Å². The standard InChI is InChI=1S/C14H14BrNO/c1-2-17-14-5-3-11(4-6-14)7-12-8-13(15)10-16-9-12/h3-6,8-10H,2,7H2,1H3. The summed E-state index contributed by atoms with van der Waals surface area (Å²) in [6.45, 7) is 2.69. The van der Waals surface area contributed by atoms with Gasteiger partial charge in [0, 0.05) is 16.9 Å². The molecule has 0 spiro atoms. The fourth-order valence-corrected chi connectivity index (χ4v) is 2.07. The van der Waals surface area contributed by atoms with Gasteiger partial charge in [-0.05, 0) is 58.6 Å². The topological polar surface area (TPSA) is 22.1 Å². The summed E-state index contributed by atoms with van der Waals surface area (Å²) in [6, 6.07) is 10.3. The maximum absolute atomic E-state index is 5.41. The van der Waals surface area contributed by atoms with Crippen LogP contribution in [0.1, 0.15) is 18.1 Å². The van der Waals surface area contributed by atoms with Crippen molar-refractivity contribution in [2.24, 2.45) is 0 Å². The molecule has 0 bridgehead atoms. The van der Waals surface area contributed by atoms with E-state index in [2.05, 4.69) is 39.1 Å². The molecule has 1 aromatic carbocycles. The van der Waals surface area contributed by atoms with E-state index in [1.54, 1.807) is 6.20 Å². The number of hydrogen-bond donors (Lipinski definition) is 0. The third kappa shape index (κ3) is 3.56. The summed E-state index contributed by atoms with van der Waals surface area (Å²) in [5.41, 5.74) is 2.46. The van der Waals surface area contributed by atoms with Crippen LogP contribution in [-0.2, 0) is 6.42 Å². The molecule has 2 nitrogen and oxygen atoms in total. The third-order valence-electron chi connectivity index (χ3n) is 2.40. The van der Waals surface area contributed by atoms with Crippen LogP contribution in [0.5, 0.6) is 5.75 Å². The minimum absolute atomic E-state index is 0.703. The molecule has 88 valence electrons. The highest BCUT2D eigenvalue weighted by molar-refractivity contribution is 9.10. The predicted molar refractivity (Wildman–Crippen MR) is 72.4 cm³/mol. The van der Waals surface area contributed by atoms with Crippen LogP contribution in [0.25, 0.3) is 0 Å². The van der Waals surface area contributed by atoms with E-state index in [0.29, 0.717) is 6.61 Å². The molecule has 1 aromatic heterocycles. The van der Waals surface area contributed by atoms with Crippen LogP contribution >= 0.6 is 15.9 Å².